The van der Waals surface area contributed by atoms with Crippen molar-refractivity contribution in [3.05, 3.63) is 63.8 Å². The lowest BCUT2D eigenvalue weighted by Crippen LogP contribution is -2.02. The van der Waals surface area contributed by atoms with Crippen LogP contribution in [0, 0.1) is 11.3 Å². The van der Waals surface area contributed by atoms with E-state index in [1.54, 1.807) is 18.3 Å². The molecule has 0 saturated heterocycles. The Bertz CT molecular complexity index is 906. The molecule has 3 rings (SSSR count). The van der Waals surface area contributed by atoms with Gasteiger partial charge in [-0.3, -0.25) is 4.79 Å². The number of aromatic nitrogens is 1. The van der Waals surface area contributed by atoms with E-state index < -0.39 is 0 Å². The van der Waals surface area contributed by atoms with Crippen LogP contribution in [0.5, 0.6) is 0 Å². The number of halogens is 1. The van der Waals surface area contributed by atoms with E-state index >= 15 is 0 Å². The van der Waals surface area contributed by atoms with Gasteiger partial charge < -0.3 is 10.7 Å². The van der Waals surface area contributed by atoms with Crippen LogP contribution in [0.25, 0.3) is 10.9 Å². The van der Waals surface area contributed by atoms with E-state index in [1.165, 1.54) is 6.07 Å². The Kier molecular flexibility index (Phi) is 3.24. The van der Waals surface area contributed by atoms with Gasteiger partial charge in [0.1, 0.15) is 6.07 Å². The smallest absolute Gasteiger partial charge is 0.195 e. The Morgan fingerprint density at radius 2 is 2.10 bits per heavy atom. The fraction of sp³-hybridized carbons (Fsp3) is 0. The molecule has 0 unspecified atom stereocenters. The second-order valence-electron chi connectivity index (χ2n) is 4.61. The number of anilines is 1. The minimum Gasteiger partial charge on any atom is -0.398 e. The van der Waals surface area contributed by atoms with Crippen LogP contribution in [0.4, 0.5) is 5.69 Å². The molecule has 0 spiro atoms. The van der Waals surface area contributed by atoms with Crippen molar-refractivity contribution >= 4 is 38.3 Å². The van der Waals surface area contributed by atoms with Gasteiger partial charge in [-0.1, -0.05) is 12.1 Å². The number of H-pyrrole nitrogens is 1. The molecular formula is C16H10BrN3O. The normalized spacial score (nSPS) is 10.5. The molecule has 102 valence electrons. The molecule has 0 aliphatic carbocycles. The third-order valence-electron chi connectivity index (χ3n) is 3.35. The first-order valence-corrected chi connectivity index (χ1v) is 7.01. The number of nitrogens with one attached hydrogen (secondary N) is 1. The number of nitriles is 1. The maximum absolute atomic E-state index is 12.6. The van der Waals surface area contributed by atoms with Gasteiger partial charge in [-0.2, -0.15) is 5.26 Å². The number of nitrogens with zero attached hydrogens (tertiary/aromatic N) is 1. The van der Waals surface area contributed by atoms with Crippen LogP contribution < -0.4 is 5.73 Å². The van der Waals surface area contributed by atoms with E-state index in [9.17, 15) is 4.79 Å². The zero-order chi connectivity index (χ0) is 15.0. The van der Waals surface area contributed by atoms with Crippen LogP contribution in [0.1, 0.15) is 21.5 Å². The van der Waals surface area contributed by atoms with Crippen molar-refractivity contribution in [1.29, 1.82) is 5.26 Å². The summed E-state index contributed by atoms with van der Waals surface area (Å²) in [6.45, 7) is 0. The highest BCUT2D eigenvalue weighted by Crippen LogP contribution is 2.27. The van der Waals surface area contributed by atoms with Crippen molar-refractivity contribution in [3.8, 4) is 6.07 Å². The van der Waals surface area contributed by atoms with E-state index in [0.29, 0.717) is 22.4 Å². The third-order valence-corrected chi connectivity index (χ3v) is 4.01. The molecule has 0 aliphatic heterocycles. The Morgan fingerprint density at radius 3 is 2.86 bits per heavy atom. The van der Waals surface area contributed by atoms with E-state index in [-0.39, 0.29) is 5.78 Å². The summed E-state index contributed by atoms with van der Waals surface area (Å²) in [6.07, 6.45) is 1.68. The summed E-state index contributed by atoms with van der Waals surface area (Å²) in [7, 11) is 0. The Labute approximate surface area is 129 Å². The molecule has 0 atom stereocenters. The van der Waals surface area contributed by atoms with Crippen LogP contribution in [0.15, 0.2) is 47.1 Å². The standard InChI is InChI=1S/C16H10BrN3O/c17-13-3-1-2-11-12(8-20-15(11)13)16(21)9-4-5-14(19)10(6-9)7-18/h1-6,8,20H,19H2. The largest absolute Gasteiger partial charge is 0.398 e. The zero-order valence-electron chi connectivity index (χ0n) is 10.9. The van der Waals surface area contributed by atoms with E-state index in [4.69, 9.17) is 11.0 Å². The number of para-hydroxylation sites is 1. The average molecular weight is 340 g/mol. The summed E-state index contributed by atoms with van der Waals surface area (Å²) in [4.78, 5) is 15.7. The van der Waals surface area contributed by atoms with Gasteiger partial charge in [0.15, 0.2) is 5.78 Å². The number of carbonyl (C=O) groups is 1. The van der Waals surface area contributed by atoms with Gasteiger partial charge in [0, 0.05) is 32.9 Å². The molecule has 3 N–H and O–H groups in total. The Balaban J connectivity index is 2.13. The molecule has 1 heterocycles. The molecule has 0 aliphatic rings. The minimum atomic E-state index is -0.143. The molecule has 3 aromatic rings. The second-order valence-corrected chi connectivity index (χ2v) is 5.46. The summed E-state index contributed by atoms with van der Waals surface area (Å²) in [6, 6.07) is 12.4. The summed E-state index contributed by atoms with van der Waals surface area (Å²) in [5.41, 5.74) is 8.25. The van der Waals surface area contributed by atoms with Crippen molar-refractivity contribution in [2.24, 2.45) is 0 Å². The molecule has 0 amide bonds. The lowest BCUT2D eigenvalue weighted by Gasteiger charge is -2.03. The molecule has 1 aromatic heterocycles. The van der Waals surface area contributed by atoms with Crippen molar-refractivity contribution in [3.63, 3.8) is 0 Å². The molecule has 5 heteroatoms. The van der Waals surface area contributed by atoms with Crippen molar-refractivity contribution in [2.75, 3.05) is 5.73 Å². The number of hydrogen-bond donors (Lipinski definition) is 2. The van der Waals surface area contributed by atoms with Crippen molar-refractivity contribution < 1.29 is 4.79 Å². The number of nitrogen functional groups attached to an aromatic ring is 1. The van der Waals surface area contributed by atoms with Gasteiger partial charge in [-0.25, -0.2) is 0 Å². The molecule has 21 heavy (non-hydrogen) atoms. The maximum atomic E-state index is 12.6. The molecule has 0 bridgehead atoms. The van der Waals surface area contributed by atoms with E-state index in [1.807, 2.05) is 24.3 Å². The number of carbonyl (C=O) groups excluding carboxylic acids is 1. The highest BCUT2D eigenvalue weighted by Gasteiger charge is 2.16. The zero-order valence-corrected chi connectivity index (χ0v) is 12.4. The van der Waals surface area contributed by atoms with Gasteiger partial charge in [0.2, 0.25) is 0 Å². The quantitative estimate of drug-likeness (QED) is 0.552. The van der Waals surface area contributed by atoms with Crippen molar-refractivity contribution in [1.82, 2.24) is 4.98 Å². The van der Waals surface area contributed by atoms with Crippen molar-refractivity contribution in [2.45, 2.75) is 0 Å². The van der Waals surface area contributed by atoms with Gasteiger partial charge in [0.05, 0.1) is 11.1 Å². The van der Waals surface area contributed by atoms with Gasteiger partial charge in [-0.15, -0.1) is 0 Å². The SMILES string of the molecule is N#Cc1cc(C(=O)c2c[nH]c3c(Br)cccc23)ccc1N. The number of rotatable bonds is 2. The highest BCUT2D eigenvalue weighted by molar-refractivity contribution is 9.10. The fourth-order valence-corrected chi connectivity index (χ4v) is 2.74. The van der Waals surface area contributed by atoms with Crippen LogP contribution in [-0.4, -0.2) is 10.8 Å². The van der Waals surface area contributed by atoms with Crippen LogP contribution in [0.2, 0.25) is 0 Å². The molecule has 0 fully saturated rings. The number of hydrogen-bond acceptors (Lipinski definition) is 3. The lowest BCUT2D eigenvalue weighted by molar-refractivity contribution is 0.104. The van der Waals surface area contributed by atoms with E-state index in [2.05, 4.69) is 20.9 Å². The summed E-state index contributed by atoms with van der Waals surface area (Å²) in [5, 5.41) is 9.85. The number of nitrogens with two attached hydrogens (primary N) is 1. The number of ketones is 1. The summed E-state index contributed by atoms with van der Waals surface area (Å²) >= 11 is 3.45. The first kappa shape index (κ1) is 13.4. The molecule has 0 radical (unpaired) electrons. The Morgan fingerprint density at radius 1 is 1.29 bits per heavy atom. The van der Waals surface area contributed by atoms with Crippen LogP contribution in [-0.2, 0) is 0 Å². The topological polar surface area (TPSA) is 82.7 Å². The number of fused-ring (bicyclic) bond motifs is 1. The maximum Gasteiger partial charge on any atom is 0.195 e. The predicted octanol–water partition coefficient (Wildman–Crippen LogP) is 3.62. The van der Waals surface area contributed by atoms with Gasteiger partial charge >= 0.3 is 0 Å². The summed E-state index contributed by atoms with van der Waals surface area (Å²) in [5.74, 6) is -0.143. The molecule has 4 nitrogen and oxygen atoms in total. The number of aromatic amines is 1. The van der Waals surface area contributed by atoms with Crippen LogP contribution in [0.3, 0.4) is 0 Å². The second kappa shape index (κ2) is 5.08. The minimum absolute atomic E-state index is 0.143. The predicted molar refractivity (Wildman–Crippen MR) is 85.0 cm³/mol. The van der Waals surface area contributed by atoms with E-state index in [0.717, 1.165) is 15.4 Å². The number of benzene rings is 2. The molecule has 2 aromatic carbocycles. The Hall–Kier alpha value is -2.58. The monoisotopic (exact) mass is 339 g/mol. The lowest BCUT2D eigenvalue weighted by atomic mass is 10.0. The third kappa shape index (κ3) is 2.20. The summed E-state index contributed by atoms with van der Waals surface area (Å²) < 4.78 is 0.897. The van der Waals surface area contributed by atoms with Gasteiger partial charge in [0.25, 0.3) is 0 Å². The first-order chi connectivity index (χ1) is 10.1. The molecular weight excluding hydrogens is 330 g/mol. The average Bonchev–Trinajstić information content (AvgIpc) is 2.92. The highest BCUT2D eigenvalue weighted by atomic mass is 79.9. The fourth-order valence-electron chi connectivity index (χ4n) is 2.26. The first-order valence-electron chi connectivity index (χ1n) is 6.21. The van der Waals surface area contributed by atoms with Crippen LogP contribution >= 0.6 is 15.9 Å². The molecule has 0 saturated carbocycles. The van der Waals surface area contributed by atoms with Gasteiger partial charge in [-0.05, 0) is 40.2 Å².